The molecule has 0 heterocycles. The third kappa shape index (κ3) is 6.73. The van der Waals surface area contributed by atoms with E-state index in [1.54, 1.807) is 37.3 Å². The molecule has 29 heavy (non-hydrogen) atoms. The molecule has 1 amide bonds. The predicted octanol–water partition coefficient (Wildman–Crippen LogP) is 3.20. The normalized spacial score (nSPS) is 11.2. The lowest BCUT2D eigenvalue weighted by atomic mass is 10.0. The molecule has 9 nitrogen and oxygen atoms in total. The number of carbonyl (C=O) groups excluding carboxylic acids is 3. The lowest BCUT2D eigenvalue weighted by Gasteiger charge is -2.18. The Bertz CT molecular complexity index is 883. The van der Waals surface area contributed by atoms with Crippen LogP contribution in [0, 0.1) is 10.1 Å². The first-order valence-electron chi connectivity index (χ1n) is 8.82. The van der Waals surface area contributed by atoms with Crippen LogP contribution in [-0.4, -0.2) is 36.0 Å². The minimum atomic E-state index is -0.713. The number of nitro benzene ring substituents is 1. The molecule has 0 saturated heterocycles. The number of non-ortho nitro benzene ring substituents is 1. The Balaban J connectivity index is 1.98. The third-order valence-corrected chi connectivity index (χ3v) is 3.88. The molecule has 0 fully saturated rings. The van der Waals surface area contributed by atoms with Gasteiger partial charge < -0.3 is 14.8 Å². The number of esters is 1. The van der Waals surface area contributed by atoms with E-state index in [4.69, 9.17) is 9.47 Å². The Labute approximate surface area is 166 Å². The van der Waals surface area contributed by atoms with E-state index in [9.17, 15) is 24.5 Å². The van der Waals surface area contributed by atoms with Gasteiger partial charge in [0.2, 0.25) is 5.78 Å². The molecule has 0 radical (unpaired) electrons. The summed E-state index contributed by atoms with van der Waals surface area (Å²) >= 11 is 0. The average Bonchev–Trinajstić information content (AvgIpc) is 2.72. The van der Waals surface area contributed by atoms with Crippen LogP contribution in [0.3, 0.4) is 0 Å². The van der Waals surface area contributed by atoms with Gasteiger partial charge >= 0.3 is 12.1 Å². The van der Waals surface area contributed by atoms with E-state index in [1.807, 2.05) is 0 Å². The Hall–Kier alpha value is -3.75. The van der Waals surface area contributed by atoms with E-state index in [1.165, 1.54) is 18.2 Å². The van der Waals surface area contributed by atoms with Crippen molar-refractivity contribution in [2.75, 3.05) is 13.2 Å². The molecule has 0 spiro atoms. The highest BCUT2D eigenvalue weighted by Gasteiger charge is 2.21. The number of Topliss-reactive ketones (excluding diaryl/α,β-unsaturated/α-hetero) is 1. The maximum absolute atomic E-state index is 12.2. The van der Waals surface area contributed by atoms with E-state index in [0.717, 1.165) is 6.07 Å². The standard InChI is InChI=1S/C20H20N2O7/c1-2-28-20(25)21-17(14-7-4-3-5-8-14)12-19(24)29-13-18(23)15-9-6-10-16(11-15)22(26)27/h3-11,17H,2,12-13H2,1H3,(H,21,25)/t17-/m0/s1. The van der Waals surface area contributed by atoms with Gasteiger partial charge in [0.1, 0.15) is 0 Å². The van der Waals surface area contributed by atoms with Crippen LogP contribution in [0.5, 0.6) is 0 Å². The summed E-state index contributed by atoms with van der Waals surface area (Å²) in [6, 6.07) is 13.2. The number of hydrogen-bond acceptors (Lipinski definition) is 7. The molecule has 0 aliphatic heterocycles. The van der Waals surface area contributed by atoms with Crippen LogP contribution >= 0.6 is 0 Å². The molecule has 0 bridgehead atoms. The van der Waals surface area contributed by atoms with Gasteiger partial charge in [0, 0.05) is 17.7 Å². The zero-order valence-corrected chi connectivity index (χ0v) is 15.7. The number of rotatable bonds is 9. The molecule has 0 aliphatic rings. The third-order valence-electron chi connectivity index (χ3n) is 3.88. The van der Waals surface area contributed by atoms with Crippen molar-refractivity contribution in [2.45, 2.75) is 19.4 Å². The van der Waals surface area contributed by atoms with Crippen LogP contribution in [0.4, 0.5) is 10.5 Å². The highest BCUT2D eigenvalue weighted by atomic mass is 16.6. The number of alkyl carbamates (subject to hydrolysis) is 1. The second-order valence-corrected chi connectivity index (χ2v) is 5.92. The van der Waals surface area contributed by atoms with Crippen LogP contribution in [-0.2, 0) is 14.3 Å². The summed E-state index contributed by atoms with van der Waals surface area (Å²) < 4.78 is 9.85. The van der Waals surface area contributed by atoms with E-state index < -0.39 is 35.4 Å². The molecule has 2 rings (SSSR count). The first kappa shape index (κ1) is 21.5. The van der Waals surface area contributed by atoms with Crippen LogP contribution in [0.25, 0.3) is 0 Å². The smallest absolute Gasteiger partial charge is 0.407 e. The van der Waals surface area contributed by atoms with Gasteiger partial charge in [0.15, 0.2) is 6.61 Å². The Morgan fingerprint density at radius 3 is 2.45 bits per heavy atom. The molecule has 2 aromatic carbocycles. The molecule has 0 aromatic heterocycles. The Morgan fingerprint density at radius 2 is 1.79 bits per heavy atom. The monoisotopic (exact) mass is 400 g/mol. The molecule has 152 valence electrons. The van der Waals surface area contributed by atoms with E-state index >= 15 is 0 Å². The molecule has 1 N–H and O–H groups in total. The van der Waals surface area contributed by atoms with Crippen LogP contribution in [0.15, 0.2) is 54.6 Å². The van der Waals surface area contributed by atoms with Gasteiger partial charge in [-0.25, -0.2) is 4.79 Å². The fourth-order valence-corrected chi connectivity index (χ4v) is 2.50. The highest BCUT2D eigenvalue weighted by molar-refractivity contribution is 5.98. The number of nitrogens with zero attached hydrogens (tertiary/aromatic N) is 1. The number of hydrogen-bond donors (Lipinski definition) is 1. The lowest BCUT2D eigenvalue weighted by Crippen LogP contribution is -2.31. The number of nitro groups is 1. The lowest BCUT2D eigenvalue weighted by molar-refractivity contribution is -0.384. The van der Waals surface area contributed by atoms with Crippen molar-refractivity contribution in [1.82, 2.24) is 5.32 Å². The van der Waals surface area contributed by atoms with Gasteiger partial charge in [-0.1, -0.05) is 42.5 Å². The maximum Gasteiger partial charge on any atom is 0.407 e. The molecule has 0 saturated carbocycles. The molecule has 0 unspecified atom stereocenters. The van der Waals surface area contributed by atoms with Crippen LogP contribution in [0.2, 0.25) is 0 Å². The van der Waals surface area contributed by atoms with E-state index in [0.29, 0.717) is 5.56 Å². The average molecular weight is 400 g/mol. The second kappa shape index (κ2) is 10.5. The first-order chi connectivity index (χ1) is 13.9. The van der Waals surface area contributed by atoms with Gasteiger partial charge in [-0.15, -0.1) is 0 Å². The zero-order chi connectivity index (χ0) is 21.2. The second-order valence-electron chi connectivity index (χ2n) is 5.92. The number of benzene rings is 2. The molecule has 1 atom stereocenters. The Morgan fingerprint density at radius 1 is 1.07 bits per heavy atom. The van der Waals surface area contributed by atoms with E-state index in [2.05, 4.69) is 5.32 Å². The van der Waals surface area contributed by atoms with Crippen molar-refractivity contribution in [3.63, 3.8) is 0 Å². The summed E-state index contributed by atoms with van der Waals surface area (Å²) in [6.45, 7) is 1.27. The maximum atomic E-state index is 12.2. The SMILES string of the molecule is CCOC(=O)N[C@@H](CC(=O)OCC(=O)c1cccc([N+](=O)[O-])c1)c1ccccc1. The minimum Gasteiger partial charge on any atom is -0.457 e. The quantitative estimate of drug-likeness (QED) is 0.296. The molecule has 2 aromatic rings. The highest BCUT2D eigenvalue weighted by Crippen LogP contribution is 2.18. The molecular weight excluding hydrogens is 380 g/mol. The summed E-state index contributed by atoms with van der Waals surface area (Å²) in [7, 11) is 0. The molecule has 0 aliphatic carbocycles. The van der Waals surface area contributed by atoms with Gasteiger partial charge in [0.05, 0.1) is 24.0 Å². The number of nitrogens with one attached hydrogen (secondary N) is 1. The zero-order valence-electron chi connectivity index (χ0n) is 15.7. The summed E-state index contributed by atoms with van der Waals surface area (Å²) in [5.41, 5.74) is 0.503. The van der Waals surface area contributed by atoms with Gasteiger partial charge in [0.25, 0.3) is 5.69 Å². The van der Waals surface area contributed by atoms with Gasteiger partial charge in [-0.3, -0.25) is 19.7 Å². The van der Waals surface area contributed by atoms with Crippen molar-refractivity contribution < 1.29 is 28.8 Å². The molecule has 9 heteroatoms. The largest absolute Gasteiger partial charge is 0.457 e. The summed E-state index contributed by atoms with van der Waals surface area (Å²) in [5.74, 6) is -1.29. The van der Waals surface area contributed by atoms with Gasteiger partial charge in [-0.2, -0.15) is 0 Å². The van der Waals surface area contributed by atoms with Crippen molar-refractivity contribution >= 4 is 23.5 Å². The number of ketones is 1. The number of amides is 1. The van der Waals surface area contributed by atoms with Crippen molar-refractivity contribution in [3.05, 3.63) is 75.8 Å². The first-order valence-corrected chi connectivity index (χ1v) is 8.82. The fraction of sp³-hybridized carbons (Fsp3) is 0.250. The van der Waals surface area contributed by atoms with Crippen LogP contribution in [0.1, 0.15) is 35.3 Å². The summed E-state index contributed by atoms with van der Waals surface area (Å²) in [4.78, 5) is 46.3. The van der Waals surface area contributed by atoms with Crippen molar-refractivity contribution in [1.29, 1.82) is 0 Å². The topological polar surface area (TPSA) is 125 Å². The Kier molecular flexibility index (Phi) is 7.84. The minimum absolute atomic E-state index is 0.0660. The van der Waals surface area contributed by atoms with Crippen molar-refractivity contribution in [3.8, 4) is 0 Å². The number of ether oxygens (including phenoxy) is 2. The summed E-state index contributed by atoms with van der Waals surface area (Å²) in [5, 5.41) is 13.4. The number of carbonyl (C=O) groups is 3. The summed E-state index contributed by atoms with van der Waals surface area (Å²) in [6.07, 6.45) is -0.896. The van der Waals surface area contributed by atoms with Crippen LogP contribution < -0.4 is 5.32 Å². The van der Waals surface area contributed by atoms with Gasteiger partial charge in [-0.05, 0) is 12.5 Å². The molecular formula is C20H20N2O7. The van der Waals surface area contributed by atoms with E-state index in [-0.39, 0.29) is 24.3 Å². The predicted molar refractivity (Wildman–Crippen MR) is 102 cm³/mol. The fourth-order valence-electron chi connectivity index (χ4n) is 2.50. The van der Waals surface area contributed by atoms with Crippen molar-refractivity contribution in [2.24, 2.45) is 0 Å².